The molecule has 0 spiro atoms. The molecule has 1 unspecified atom stereocenters. The minimum absolute atomic E-state index is 0.0667. The SMILES string of the molecule is CC(c1ccccc1F)N(C)Cc1ccc(Cl)nc1Cl. The first-order chi connectivity index (χ1) is 9.49. The van der Waals surface area contributed by atoms with Crippen LogP contribution in [0.15, 0.2) is 36.4 Å². The number of pyridine rings is 1. The molecule has 5 heteroatoms. The standard InChI is InChI=1S/C15H15Cl2FN2/c1-10(12-5-3-4-6-13(12)18)20(2)9-11-7-8-14(16)19-15(11)17/h3-8,10H,9H2,1-2H3. The molecule has 0 saturated carbocycles. The normalized spacial score (nSPS) is 12.7. The van der Waals surface area contributed by atoms with E-state index in [4.69, 9.17) is 23.2 Å². The molecule has 0 aliphatic rings. The highest BCUT2D eigenvalue weighted by Gasteiger charge is 2.16. The maximum atomic E-state index is 13.8. The first-order valence-corrected chi connectivity index (χ1v) is 7.00. The van der Waals surface area contributed by atoms with E-state index in [9.17, 15) is 4.39 Å². The van der Waals surface area contributed by atoms with Crippen molar-refractivity contribution in [1.82, 2.24) is 9.88 Å². The Morgan fingerprint density at radius 2 is 1.90 bits per heavy atom. The Morgan fingerprint density at radius 1 is 1.20 bits per heavy atom. The van der Waals surface area contributed by atoms with Crippen molar-refractivity contribution in [1.29, 1.82) is 0 Å². The fourth-order valence-corrected chi connectivity index (χ4v) is 2.42. The highest BCUT2D eigenvalue weighted by atomic mass is 35.5. The summed E-state index contributed by atoms with van der Waals surface area (Å²) in [5.41, 5.74) is 1.52. The summed E-state index contributed by atoms with van der Waals surface area (Å²) >= 11 is 11.8. The van der Waals surface area contributed by atoms with Crippen LogP contribution < -0.4 is 0 Å². The third-order valence-electron chi connectivity index (χ3n) is 3.33. The Bertz CT molecular complexity index is 604. The topological polar surface area (TPSA) is 16.1 Å². The summed E-state index contributed by atoms with van der Waals surface area (Å²) in [5, 5.41) is 0.744. The lowest BCUT2D eigenvalue weighted by molar-refractivity contribution is 0.247. The summed E-state index contributed by atoms with van der Waals surface area (Å²) < 4.78 is 13.8. The molecule has 0 amide bonds. The average Bonchev–Trinajstić information content (AvgIpc) is 2.41. The van der Waals surface area contributed by atoms with Crippen molar-refractivity contribution in [2.24, 2.45) is 0 Å². The van der Waals surface area contributed by atoms with E-state index in [1.54, 1.807) is 18.2 Å². The van der Waals surface area contributed by atoms with E-state index in [-0.39, 0.29) is 11.9 Å². The third-order valence-corrected chi connectivity index (χ3v) is 3.87. The molecule has 0 aliphatic carbocycles. The minimum atomic E-state index is -0.202. The van der Waals surface area contributed by atoms with Gasteiger partial charge in [-0.15, -0.1) is 0 Å². The zero-order chi connectivity index (χ0) is 14.7. The first-order valence-electron chi connectivity index (χ1n) is 6.24. The van der Waals surface area contributed by atoms with Crippen molar-refractivity contribution < 1.29 is 4.39 Å². The Morgan fingerprint density at radius 3 is 2.55 bits per heavy atom. The van der Waals surface area contributed by atoms with E-state index in [2.05, 4.69) is 4.98 Å². The Labute approximate surface area is 128 Å². The Hall–Kier alpha value is -1.16. The van der Waals surface area contributed by atoms with Gasteiger partial charge < -0.3 is 0 Å². The van der Waals surface area contributed by atoms with Gasteiger partial charge in [-0.3, -0.25) is 4.90 Å². The van der Waals surface area contributed by atoms with Crippen molar-refractivity contribution in [3.05, 3.63) is 63.6 Å². The lowest BCUT2D eigenvalue weighted by atomic mass is 10.1. The van der Waals surface area contributed by atoms with Crippen LogP contribution >= 0.6 is 23.2 Å². The molecular formula is C15H15Cl2FN2. The van der Waals surface area contributed by atoms with E-state index >= 15 is 0 Å². The zero-order valence-electron chi connectivity index (χ0n) is 11.3. The number of hydrogen-bond acceptors (Lipinski definition) is 2. The minimum Gasteiger partial charge on any atom is -0.295 e. The number of hydrogen-bond donors (Lipinski definition) is 0. The van der Waals surface area contributed by atoms with Crippen LogP contribution in [0.5, 0.6) is 0 Å². The highest BCUT2D eigenvalue weighted by Crippen LogP contribution is 2.25. The predicted octanol–water partition coefficient (Wildman–Crippen LogP) is 4.72. The molecule has 1 heterocycles. The molecule has 0 bridgehead atoms. The zero-order valence-corrected chi connectivity index (χ0v) is 12.8. The lowest BCUT2D eigenvalue weighted by Crippen LogP contribution is -2.23. The number of halogens is 3. The van der Waals surface area contributed by atoms with Gasteiger partial charge in [0, 0.05) is 23.7 Å². The maximum Gasteiger partial charge on any atom is 0.135 e. The second-order valence-electron chi connectivity index (χ2n) is 4.70. The van der Waals surface area contributed by atoms with Gasteiger partial charge >= 0.3 is 0 Å². The highest BCUT2D eigenvalue weighted by molar-refractivity contribution is 6.32. The molecule has 0 N–H and O–H groups in total. The fraction of sp³-hybridized carbons (Fsp3) is 0.267. The van der Waals surface area contributed by atoms with E-state index < -0.39 is 0 Å². The average molecular weight is 313 g/mol. The summed E-state index contributed by atoms with van der Waals surface area (Å²) in [6.07, 6.45) is 0. The van der Waals surface area contributed by atoms with Gasteiger partial charge in [0.05, 0.1) is 0 Å². The molecule has 1 atom stereocenters. The monoisotopic (exact) mass is 312 g/mol. The third kappa shape index (κ3) is 3.48. The van der Waals surface area contributed by atoms with Gasteiger partial charge in [-0.25, -0.2) is 9.37 Å². The molecule has 0 radical (unpaired) electrons. The molecule has 106 valence electrons. The van der Waals surface area contributed by atoms with E-state index in [1.807, 2.05) is 31.0 Å². The molecule has 0 fully saturated rings. The lowest BCUT2D eigenvalue weighted by Gasteiger charge is -2.25. The van der Waals surface area contributed by atoms with Crippen LogP contribution in [0.25, 0.3) is 0 Å². The van der Waals surface area contributed by atoms with Crippen LogP contribution in [0.2, 0.25) is 10.3 Å². The number of benzene rings is 1. The molecular weight excluding hydrogens is 298 g/mol. The summed E-state index contributed by atoms with van der Waals surface area (Å²) in [6, 6.07) is 10.2. The van der Waals surface area contributed by atoms with Gasteiger partial charge in [0.1, 0.15) is 16.1 Å². The molecule has 2 rings (SSSR count). The van der Waals surface area contributed by atoms with Crippen LogP contribution in [-0.2, 0) is 6.54 Å². The Balaban J connectivity index is 2.15. The molecule has 2 aromatic rings. The molecule has 1 aromatic carbocycles. The van der Waals surface area contributed by atoms with Crippen molar-refractivity contribution in [3.63, 3.8) is 0 Å². The van der Waals surface area contributed by atoms with Gasteiger partial charge in [-0.2, -0.15) is 0 Å². The van der Waals surface area contributed by atoms with Crippen LogP contribution in [0.3, 0.4) is 0 Å². The largest absolute Gasteiger partial charge is 0.295 e. The molecule has 0 aliphatic heterocycles. The van der Waals surface area contributed by atoms with Gasteiger partial charge in [-0.05, 0) is 26.1 Å². The van der Waals surface area contributed by atoms with E-state index in [1.165, 1.54) is 6.07 Å². The van der Waals surface area contributed by atoms with Crippen molar-refractivity contribution in [2.75, 3.05) is 7.05 Å². The summed E-state index contributed by atoms with van der Waals surface area (Å²) in [4.78, 5) is 6.02. The molecule has 2 nitrogen and oxygen atoms in total. The number of nitrogens with zero attached hydrogens (tertiary/aromatic N) is 2. The van der Waals surface area contributed by atoms with Crippen molar-refractivity contribution >= 4 is 23.2 Å². The second-order valence-corrected chi connectivity index (χ2v) is 5.44. The van der Waals surface area contributed by atoms with Crippen molar-refractivity contribution in [3.8, 4) is 0 Å². The number of aromatic nitrogens is 1. The maximum absolute atomic E-state index is 13.8. The van der Waals surface area contributed by atoms with Crippen molar-refractivity contribution in [2.45, 2.75) is 19.5 Å². The summed E-state index contributed by atoms with van der Waals surface area (Å²) in [6.45, 7) is 2.52. The summed E-state index contributed by atoms with van der Waals surface area (Å²) in [7, 11) is 1.92. The van der Waals surface area contributed by atoms with Gasteiger partial charge in [0.15, 0.2) is 0 Å². The van der Waals surface area contributed by atoms with Gasteiger partial charge in [0.2, 0.25) is 0 Å². The van der Waals surface area contributed by atoms with E-state index in [0.29, 0.717) is 22.4 Å². The molecule has 20 heavy (non-hydrogen) atoms. The number of rotatable bonds is 4. The van der Waals surface area contributed by atoms with Gasteiger partial charge in [-0.1, -0.05) is 47.5 Å². The van der Waals surface area contributed by atoms with Crippen LogP contribution in [0, 0.1) is 5.82 Å². The quantitative estimate of drug-likeness (QED) is 0.759. The fourth-order valence-electron chi connectivity index (χ4n) is 2.02. The predicted molar refractivity (Wildman–Crippen MR) is 80.5 cm³/mol. The van der Waals surface area contributed by atoms with E-state index in [0.717, 1.165) is 5.56 Å². The first kappa shape index (κ1) is 15.2. The van der Waals surface area contributed by atoms with Crippen LogP contribution in [0.4, 0.5) is 4.39 Å². The van der Waals surface area contributed by atoms with Gasteiger partial charge in [0.25, 0.3) is 0 Å². The van der Waals surface area contributed by atoms with Crippen LogP contribution in [0.1, 0.15) is 24.1 Å². The summed E-state index contributed by atoms with van der Waals surface area (Å²) in [5.74, 6) is -0.202. The Kier molecular flexibility index (Phi) is 4.97. The van der Waals surface area contributed by atoms with Crippen LogP contribution in [-0.4, -0.2) is 16.9 Å². The second kappa shape index (κ2) is 6.53. The smallest absolute Gasteiger partial charge is 0.135 e. The molecule has 0 saturated heterocycles. The molecule has 1 aromatic heterocycles.